The van der Waals surface area contributed by atoms with Crippen LogP contribution in [-0.2, 0) is 6.54 Å². The van der Waals surface area contributed by atoms with E-state index in [1.807, 2.05) is 24.3 Å². The second kappa shape index (κ2) is 9.11. The van der Waals surface area contributed by atoms with Crippen LogP contribution < -0.4 is 10.2 Å². The average Bonchev–Trinajstić information content (AvgIpc) is 3.12. The van der Waals surface area contributed by atoms with Crippen LogP contribution >= 0.6 is 15.9 Å². The minimum Gasteiger partial charge on any atom is -0.497 e. The fourth-order valence-electron chi connectivity index (χ4n) is 2.55. The van der Waals surface area contributed by atoms with Gasteiger partial charge in [0.15, 0.2) is 0 Å². The Morgan fingerprint density at radius 3 is 2.86 bits per heavy atom. The zero-order valence-corrected chi connectivity index (χ0v) is 16.9. The number of halogens is 1. The highest BCUT2D eigenvalue weighted by Gasteiger charge is 2.25. The average molecular weight is 458 g/mol. The van der Waals surface area contributed by atoms with Crippen molar-refractivity contribution in [1.82, 2.24) is 15.2 Å². The monoisotopic (exact) mass is 457 g/mol. The Kier molecular flexibility index (Phi) is 6.35. The van der Waals surface area contributed by atoms with Crippen molar-refractivity contribution in [2.24, 2.45) is 5.10 Å². The third kappa shape index (κ3) is 5.26. The molecule has 0 aliphatic heterocycles. The lowest BCUT2D eigenvalue weighted by Gasteiger charge is -2.02. The summed E-state index contributed by atoms with van der Waals surface area (Å²) in [5.74, 6) is -0.133. The van der Waals surface area contributed by atoms with Gasteiger partial charge in [-0.1, -0.05) is 40.2 Å². The van der Waals surface area contributed by atoms with Crippen LogP contribution in [0.5, 0.6) is 5.75 Å². The number of aromatic nitrogens is 2. The molecule has 0 spiro atoms. The maximum atomic E-state index is 12.4. The Bertz CT molecular complexity index is 1080. The van der Waals surface area contributed by atoms with E-state index in [2.05, 4.69) is 31.6 Å². The summed E-state index contributed by atoms with van der Waals surface area (Å²) in [6.07, 6.45) is 2.63. The molecule has 1 N–H and O–H groups in total. The van der Waals surface area contributed by atoms with Crippen LogP contribution in [0.3, 0.4) is 0 Å². The topological polar surface area (TPSA) is 112 Å². The minimum absolute atomic E-state index is 0.278. The number of ether oxygens (including phenoxy) is 1. The molecule has 3 rings (SSSR count). The number of nitrogens with zero attached hydrogens (tertiary/aromatic N) is 4. The number of carbonyl (C=O) groups is 1. The van der Waals surface area contributed by atoms with Crippen molar-refractivity contribution in [3.63, 3.8) is 0 Å². The smallest absolute Gasteiger partial charge is 0.320 e. The van der Waals surface area contributed by atoms with Gasteiger partial charge in [0.1, 0.15) is 11.9 Å². The van der Waals surface area contributed by atoms with Crippen molar-refractivity contribution in [2.75, 3.05) is 7.11 Å². The first-order valence-corrected chi connectivity index (χ1v) is 9.19. The highest BCUT2D eigenvalue weighted by Crippen LogP contribution is 2.19. The molecule has 0 aliphatic carbocycles. The first kappa shape index (κ1) is 20.2. The predicted octanol–water partition coefficient (Wildman–Crippen LogP) is 3.37. The van der Waals surface area contributed by atoms with Crippen molar-refractivity contribution in [2.45, 2.75) is 6.54 Å². The molecule has 0 saturated heterocycles. The molecule has 1 aromatic heterocycles. The van der Waals surface area contributed by atoms with Gasteiger partial charge < -0.3 is 4.74 Å². The number of amides is 1. The molecule has 3 aromatic rings. The molecular formula is C19H16BrN5O4. The Morgan fingerprint density at radius 2 is 2.14 bits per heavy atom. The molecular weight excluding hydrogens is 442 g/mol. The van der Waals surface area contributed by atoms with Gasteiger partial charge in [0.25, 0.3) is 5.91 Å². The van der Waals surface area contributed by atoms with Gasteiger partial charge >= 0.3 is 5.69 Å². The van der Waals surface area contributed by atoms with E-state index >= 15 is 0 Å². The third-order valence-corrected chi connectivity index (χ3v) is 4.35. The molecule has 0 atom stereocenters. The van der Waals surface area contributed by atoms with Gasteiger partial charge in [0.2, 0.25) is 5.69 Å². The molecule has 2 aromatic carbocycles. The van der Waals surface area contributed by atoms with E-state index < -0.39 is 16.5 Å². The summed E-state index contributed by atoms with van der Waals surface area (Å²) < 4.78 is 7.34. The number of nitrogens with one attached hydrogen (secondary N) is 1. The summed E-state index contributed by atoms with van der Waals surface area (Å²) in [5, 5.41) is 19.2. The first-order valence-electron chi connectivity index (χ1n) is 8.40. The minimum atomic E-state index is -0.774. The van der Waals surface area contributed by atoms with Crippen LogP contribution in [0.15, 0.2) is 64.3 Å². The van der Waals surface area contributed by atoms with Gasteiger partial charge in [-0.05, 0) is 35.4 Å². The maximum Gasteiger partial charge on any atom is 0.320 e. The van der Waals surface area contributed by atoms with Gasteiger partial charge in [0, 0.05) is 4.47 Å². The molecule has 9 nitrogen and oxygen atoms in total. The van der Waals surface area contributed by atoms with Crippen molar-refractivity contribution in [3.05, 3.63) is 86.1 Å². The van der Waals surface area contributed by atoms with Crippen LogP contribution in [0.2, 0.25) is 0 Å². The summed E-state index contributed by atoms with van der Waals surface area (Å²) >= 11 is 3.37. The quantitative estimate of drug-likeness (QED) is 0.332. The maximum absolute atomic E-state index is 12.4. The van der Waals surface area contributed by atoms with Crippen LogP contribution in [0.25, 0.3) is 0 Å². The number of hydrogen-bond acceptors (Lipinski definition) is 6. The lowest BCUT2D eigenvalue weighted by molar-refractivity contribution is -0.385. The molecule has 0 radical (unpaired) electrons. The number of methoxy groups -OCH3 is 1. The predicted molar refractivity (Wildman–Crippen MR) is 110 cm³/mol. The van der Waals surface area contributed by atoms with Crippen molar-refractivity contribution in [1.29, 1.82) is 0 Å². The fourth-order valence-corrected chi connectivity index (χ4v) is 3.00. The number of benzene rings is 2. The number of carbonyl (C=O) groups excluding carboxylic acids is 1. The first-order chi connectivity index (χ1) is 14.0. The normalized spacial score (nSPS) is 10.8. The third-order valence-electron chi connectivity index (χ3n) is 3.86. The van der Waals surface area contributed by atoms with E-state index in [4.69, 9.17) is 4.74 Å². The highest BCUT2D eigenvalue weighted by molar-refractivity contribution is 9.10. The van der Waals surface area contributed by atoms with Crippen molar-refractivity contribution >= 4 is 33.7 Å². The van der Waals surface area contributed by atoms with Crippen LogP contribution in [-0.4, -0.2) is 33.9 Å². The van der Waals surface area contributed by atoms with E-state index in [0.29, 0.717) is 11.3 Å². The Morgan fingerprint density at radius 1 is 1.34 bits per heavy atom. The molecule has 1 heterocycles. The molecule has 0 aliphatic rings. The van der Waals surface area contributed by atoms with E-state index in [-0.39, 0.29) is 12.2 Å². The Hall–Kier alpha value is -3.53. The zero-order valence-electron chi connectivity index (χ0n) is 15.3. The SMILES string of the molecule is COc1cccc(C=NNC(=O)c2nn(Cc3cccc(Br)c3)cc2[N+](=O)[O-])c1. The summed E-state index contributed by atoms with van der Waals surface area (Å²) in [4.78, 5) is 23.0. The fraction of sp³-hybridized carbons (Fsp3) is 0.105. The highest BCUT2D eigenvalue weighted by atomic mass is 79.9. The summed E-state index contributed by atoms with van der Waals surface area (Å²) in [6, 6.07) is 14.5. The van der Waals surface area contributed by atoms with E-state index in [9.17, 15) is 14.9 Å². The van der Waals surface area contributed by atoms with E-state index in [1.54, 1.807) is 31.4 Å². The molecule has 10 heteroatoms. The number of rotatable bonds is 7. The van der Waals surface area contributed by atoms with Gasteiger partial charge in [-0.25, -0.2) is 5.43 Å². The summed E-state index contributed by atoms with van der Waals surface area (Å²) in [5.41, 5.74) is 3.13. The van der Waals surface area contributed by atoms with Crippen molar-refractivity contribution < 1.29 is 14.5 Å². The van der Waals surface area contributed by atoms with Crippen LogP contribution in [0.1, 0.15) is 21.6 Å². The van der Waals surface area contributed by atoms with E-state index in [0.717, 1.165) is 10.0 Å². The Balaban J connectivity index is 1.75. The summed E-state index contributed by atoms with van der Waals surface area (Å²) in [7, 11) is 1.54. The number of nitro groups is 1. The molecule has 0 fully saturated rings. The number of hydrogen-bond donors (Lipinski definition) is 1. The largest absolute Gasteiger partial charge is 0.497 e. The second-order valence-electron chi connectivity index (χ2n) is 5.92. The molecule has 1 amide bonds. The van der Waals surface area contributed by atoms with Crippen molar-refractivity contribution in [3.8, 4) is 5.75 Å². The number of hydrazone groups is 1. The molecule has 0 unspecified atom stereocenters. The Labute approximate surface area is 174 Å². The van der Waals surface area contributed by atoms with Gasteiger partial charge in [-0.2, -0.15) is 10.2 Å². The molecule has 148 valence electrons. The van der Waals surface area contributed by atoms with Gasteiger partial charge in [-0.3, -0.25) is 19.6 Å². The molecule has 0 bridgehead atoms. The standard InChI is InChI=1S/C19H16BrN5O4/c1-29-16-7-3-4-13(9-16)10-21-22-19(26)18-17(25(27)28)12-24(23-18)11-14-5-2-6-15(20)8-14/h2-10,12H,11H2,1H3,(H,22,26). The van der Waals surface area contributed by atoms with Gasteiger partial charge in [-0.15, -0.1) is 0 Å². The summed E-state index contributed by atoms with van der Waals surface area (Å²) in [6.45, 7) is 0.278. The lowest BCUT2D eigenvalue weighted by atomic mass is 10.2. The second-order valence-corrected chi connectivity index (χ2v) is 6.84. The van der Waals surface area contributed by atoms with Crippen LogP contribution in [0.4, 0.5) is 5.69 Å². The van der Waals surface area contributed by atoms with E-state index in [1.165, 1.54) is 17.1 Å². The van der Waals surface area contributed by atoms with Crippen LogP contribution in [0, 0.1) is 10.1 Å². The van der Waals surface area contributed by atoms with Gasteiger partial charge in [0.05, 0.1) is 24.8 Å². The molecule has 0 saturated carbocycles. The zero-order chi connectivity index (χ0) is 20.8. The molecule has 29 heavy (non-hydrogen) atoms. The lowest BCUT2D eigenvalue weighted by Crippen LogP contribution is -2.19.